The molecule has 1 aromatic rings. The zero-order chi connectivity index (χ0) is 15.1. The summed E-state index contributed by atoms with van der Waals surface area (Å²) in [6.07, 6.45) is 2.44. The molecule has 0 bridgehead atoms. The predicted octanol–water partition coefficient (Wildman–Crippen LogP) is 1.17. The molecule has 2 rings (SSSR count). The highest BCUT2D eigenvalue weighted by atomic mass is 32.2. The summed E-state index contributed by atoms with van der Waals surface area (Å²) in [5.74, 6) is 0. The molecule has 0 spiro atoms. The van der Waals surface area contributed by atoms with E-state index in [-0.39, 0.29) is 0 Å². The Kier molecular flexibility index (Phi) is 6.17. The van der Waals surface area contributed by atoms with Gasteiger partial charge in [-0.25, -0.2) is 13.1 Å². The fourth-order valence-corrected chi connectivity index (χ4v) is 3.50. The van der Waals surface area contributed by atoms with E-state index in [1.165, 1.54) is 12.8 Å². The SMILES string of the molecule is CCNCc1ccc(S(=O)(=O)NCCN2CCCC2)cc1. The molecule has 1 aromatic carbocycles. The zero-order valence-electron chi connectivity index (χ0n) is 12.6. The Bertz CT molecular complexity index is 522. The summed E-state index contributed by atoms with van der Waals surface area (Å²) >= 11 is 0. The van der Waals surface area contributed by atoms with Crippen LogP contribution in [0.3, 0.4) is 0 Å². The lowest BCUT2D eigenvalue weighted by molar-refractivity contribution is 0.344. The molecule has 0 atom stereocenters. The van der Waals surface area contributed by atoms with Crippen LogP contribution in [0.2, 0.25) is 0 Å². The van der Waals surface area contributed by atoms with Crippen molar-refractivity contribution < 1.29 is 8.42 Å². The summed E-state index contributed by atoms with van der Waals surface area (Å²) in [6.45, 7) is 7.14. The van der Waals surface area contributed by atoms with Crippen molar-refractivity contribution in [1.29, 1.82) is 0 Å². The molecule has 1 fully saturated rings. The second-order valence-corrected chi connectivity index (χ2v) is 7.14. The Labute approximate surface area is 127 Å². The molecule has 1 heterocycles. The minimum Gasteiger partial charge on any atom is -0.313 e. The maximum absolute atomic E-state index is 12.2. The molecular weight excluding hydrogens is 286 g/mol. The Morgan fingerprint density at radius 1 is 1.14 bits per heavy atom. The number of benzene rings is 1. The van der Waals surface area contributed by atoms with Crippen molar-refractivity contribution in [2.45, 2.75) is 31.2 Å². The largest absolute Gasteiger partial charge is 0.313 e. The van der Waals surface area contributed by atoms with Gasteiger partial charge in [0.2, 0.25) is 10.0 Å². The molecule has 1 aliphatic heterocycles. The van der Waals surface area contributed by atoms with Crippen LogP contribution in [0.4, 0.5) is 0 Å². The van der Waals surface area contributed by atoms with E-state index in [1.54, 1.807) is 12.1 Å². The monoisotopic (exact) mass is 311 g/mol. The normalized spacial score (nSPS) is 16.4. The summed E-state index contributed by atoms with van der Waals surface area (Å²) < 4.78 is 27.1. The van der Waals surface area contributed by atoms with Crippen molar-refractivity contribution in [2.24, 2.45) is 0 Å². The summed E-state index contributed by atoms with van der Waals surface area (Å²) in [5.41, 5.74) is 1.09. The van der Waals surface area contributed by atoms with Gasteiger partial charge in [0.25, 0.3) is 0 Å². The van der Waals surface area contributed by atoms with Crippen LogP contribution >= 0.6 is 0 Å². The van der Waals surface area contributed by atoms with Crippen molar-refractivity contribution in [3.8, 4) is 0 Å². The van der Waals surface area contributed by atoms with E-state index in [2.05, 4.69) is 14.9 Å². The second-order valence-electron chi connectivity index (χ2n) is 5.37. The van der Waals surface area contributed by atoms with E-state index in [0.717, 1.165) is 38.3 Å². The highest BCUT2D eigenvalue weighted by Crippen LogP contribution is 2.11. The molecule has 5 nitrogen and oxygen atoms in total. The fraction of sp³-hybridized carbons (Fsp3) is 0.600. The number of nitrogens with zero attached hydrogens (tertiary/aromatic N) is 1. The van der Waals surface area contributed by atoms with Gasteiger partial charge >= 0.3 is 0 Å². The van der Waals surface area contributed by atoms with Gasteiger partial charge in [-0.15, -0.1) is 0 Å². The Morgan fingerprint density at radius 2 is 1.81 bits per heavy atom. The molecule has 0 radical (unpaired) electrons. The van der Waals surface area contributed by atoms with Gasteiger partial charge in [0.1, 0.15) is 0 Å². The first kappa shape index (κ1) is 16.4. The lowest BCUT2D eigenvalue weighted by atomic mass is 10.2. The maximum Gasteiger partial charge on any atom is 0.240 e. The van der Waals surface area contributed by atoms with Gasteiger partial charge in [-0.1, -0.05) is 19.1 Å². The third-order valence-electron chi connectivity index (χ3n) is 3.73. The first-order chi connectivity index (χ1) is 10.1. The Balaban J connectivity index is 1.85. The van der Waals surface area contributed by atoms with E-state index < -0.39 is 10.0 Å². The molecule has 0 unspecified atom stereocenters. The number of hydrogen-bond acceptors (Lipinski definition) is 4. The topological polar surface area (TPSA) is 61.4 Å². The second kappa shape index (κ2) is 7.89. The summed E-state index contributed by atoms with van der Waals surface area (Å²) in [6, 6.07) is 7.06. The van der Waals surface area contributed by atoms with Crippen LogP contribution in [0.5, 0.6) is 0 Å². The van der Waals surface area contributed by atoms with Crippen LogP contribution in [-0.4, -0.2) is 46.0 Å². The van der Waals surface area contributed by atoms with Gasteiger partial charge in [-0.2, -0.15) is 0 Å². The molecule has 21 heavy (non-hydrogen) atoms. The molecule has 0 aromatic heterocycles. The minimum atomic E-state index is -3.39. The number of nitrogens with one attached hydrogen (secondary N) is 2. The van der Waals surface area contributed by atoms with E-state index in [9.17, 15) is 8.42 Å². The van der Waals surface area contributed by atoms with E-state index in [1.807, 2.05) is 19.1 Å². The molecule has 6 heteroatoms. The molecule has 1 saturated heterocycles. The number of likely N-dealkylation sites (tertiary alicyclic amines) is 1. The first-order valence-electron chi connectivity index (χ1n) is 7.63. The van der Waals surface area contributed by atoms with Gasteiger partial charge in [0, 0.05) is 19.6 Å². The molecule has 0 aliphatic carbocycles. The first-order valence-corrected chi connectivity index (χ1v) is 9.12. The smallest absolute Gasteiger partial charge is 0.240 e. The molecule has 0 saturated carbocycles. The molecule has 0 amide bonds. The molecule has 1 aliphatic rings. The van der Waals surface area contributed by atoms with Crippen molar-refractivity contribution in [1.82, 2.24) is 14.9 Å². The average Bonchev–Trinajstić information content (AvgIpc) is 2.98. The maximum atomic E-state index is 12.2. The fourth-order valence-electron chi connectivity index (χ4n) is 2.48. The van der Waals surface area contributed by atoms with Gasteiger partial charge in [-0.05, 0) is 50.2 Å². The van der Waals surface area contributed by atoms with E-state index >= 15 is 0 Å². The highest BCUT2D eigenvalue weighted by Gasteiger charge is 2.15. The van der Waals surface area contributed by atoms with Gasteiger partial charge < -0.3 is 10.2 Å². The highest BCUT2D eigenvalue weighted by molar-refractivity contribution is 7.89. The summed E-state index contributed by atoms with van der Waals surface area (Å²) in [7, 11) is -3.39. The summed E-state index contributed by atoms with van der Waals surface area (Å²) in [5, 5.41) is 3.22. The average molecular weight is 311 g/mol. The van der Waals surface area contributed by atoms with Crippen molar-refractivity contribution in [3.63, 3.8) is 0 Å². The minimum absolute atomic E-state index is 0.337. The number of sulfonamides is 1. The van der Waals surface area contributed by atoms with Crippen molar-refractivity contribution in [3.05, 3.63) is 29.8 Å². The van der Waals surface area contributed by atoms with Crippen LogP contribution in [0.1, 0.15) is 25.3 Å². The molecule has 118 valence electrons. The van der Waals surface area contributed by atoms with Crippen LogP contribution in [-0.2, 0) is 16.6 Å². The standard InChI is InChI=1S/C15H25N3O2S/c1-2-16-13-14-5-7-15(8-6-14)21(19,20)17-9-12-18-10-3-4-11-18/h5-8,16-17H,2-4,9-13H2,1H3. The molecular formula is C15H25N3O2S. The van der Waals surface area contributed by atoms with Gasteiger partial charge in [0.15, 0.2) is 0 Å². The van der Waals surface area contributed by atoms with Crippen molar-refractivity contribution in [2.75, 3.05) is 32.7 Å². The quantitative estimate of drug-likeness (QED) is 0.756. The lowest BCUT2D eigenvalue weighted by Gasteiger charge is -2.15. The molecule has 2 N–H and O–H groups in total. The zero-order valence-corrected chi connectivity index (χ0v) is 13.5. The van der Waals surface area contributed by atoms with Crippen LogP contribution in [0.25, 0.3) is 0 Å². The van der Waals surface area contributed by atoms with Crippen molar-refractivity contribution >= 4 is 10.0 Å². The van der Waals surface area contributed by atoms with Crippen LogP contribution < -0.4 is 10.0 Å². The summed E-state index contributed by atoms with van der Waals surface area (Å²) in [4.78, 5) is 2.63. The van der Waals surface area contributed by atoms with Gasteiger partial charge in [-0.3, -0.25) is 0 Å². The Morgan fingerprint density at radius 3 is 2.43 bits per heavy atom. The van der Waals surface area contributed by atoms with Gasteiger partial charge in [0.05, 0.1) is 4.90 Å². The lowest BCUT2D eigenvalue weighted by Crippen LogP contribution is -2.33. The predicted molar refractivity (Wildman–Crippen MR) is 84.7 cm³/mol. The van der Waals surface area contributed by atoms with E-state index in [4.69, 9.17) is 0 Å². The number of rotatable bonds is 8. The van der Waals surface area contributed by atoms with Crippen LogP contribution in [0.15, 0.2) is 29.2 Å². The Hall–Kier alpha value is -0.950. The third-order valence-corrected chi connectivity index (χ3v) is 5.21. The number of hydrogen-bond donors (Lipinski definition) is 2. The van der Waals surface area contributed by atoms with E-state index in [0.29, 0.717) is 11.4 Å². The van der Waals surface area contributed by atoms with Crippen LogP contribution in [0, 0.1) is 0 Å². The third kappa shape index (κ3) is 5.07.